The maximum absolute atomic E-state index is 12.3. The minimum atomic E-state index is -3.44. The number of nitrogens with one attached hydrogen (secondary N) is 1. The highest BCUT2D eigenvalue weighted by Crippen LogP contribution is 2.19. The average molecular weight is 341 g/mol. The van der Waals surface area contributed by atoms with E-state index in [9.17, 15) is 13.2 Å². The molecule has 1 amide bonds. The molecule has 1 N–H and O–H groups in total. The van der Waals surface area contributed by atoms with Gasteiger partial charge < -0.3 is 10.1 Å². The number of hydrogen-bond acceptors (Lipinski definition) is 6. The van der Waals surface area contributed by atoms with Crippen molar-refractivity contribution in [2.24, 2.45) is 0 Å². The predicted octanol–water partition coefficient (Wildman–Crippen LogP) is 0.708. The molecule has 0 radical (unpaired) electrons. The summed E-state index contributed by atoms with van der Waals surface area (Å²) in [6.45, 7) is 4.69. The third-order valence-corrected chi connectivity index (χ3v) is 5.04. The fraction of sp³-hybridized carbons (Fsp3) is 0.600. The molecule has 1 unspecified atom stereocenters. The SMILES string of the molecule is CCN1CCCC1CNC(=O)c1ccc(S(C)(=O)=O)nc1OC. The molecule has 1 saturated heterocycles. The molecule has 0 aliphatic carbocycles. The largest absolute Gasteiger partial charge is 0.480 e. The molecule has 1 aliphatic heterocycles. The van der Waals surface area contributed by atoms with E-state index in [4.69, 9.17) is 4.74 Å². The van der Waals surface area contributed by atoms with Gasteiger partial charge in [0, 0.05) is 18.8 Å². The Morgan fingerprint density at radius 3 is 2.83 bits per heavy atom. The monoisotopic (exact) mass is 341 g/mol. The fourth-order valence-corrected chi connectivity index (χ4v) is 3.37. The van der Waals surface area contributed by atoms with Crippen LogP contribution >= 0.6 is 0 Å². The van der Waals surface area contributed by atoms with Gasteiger partial charge in [-0.15, -0.1) is 0 Å². The van der Waals surface area contributed by atoms with E-state index in [0.717, 1.165) is 32.2 Å². The van der Waals surface area contributed by atoms with Crippen molar-refractivity contribution in [2.45, 2.75) is 30.8 Å². The molecule has 128 valence electrons. The van der Waals surface area contributed by atoms with Crippen LogP contribution in [0.3, 0.4) is 0 Å². The average Bonchev–Trinajstić information content (AvgIpc) is 2.98. The van der Waals surface area contributed by atoms with E-state index in [1.807, 2.05) is 0 Å². The summed E-state index contributed by atoms with van der Waals surface area (Å²) in [7, 11) is -2.08. The van der Waals surface area contributed by atoms with Crippen LogP contribution in [0.15, 0.2) is 17.2 Å². The number of amides is 1. The first-order chi connectivity index (χ1) is 10.9. The van der Waals surface area contributed by atoms with E-state index >= 15 is 0 Å². The number of methoxy groups -OCH3 is 1. The molecule has 2 heterocycles. The lowest BCUT2D eigenvalue weighted by Gasteiger charge is -2.23. The van der Waals surface area contributed by atoms with Gasteiger partial charge in [-0.05, 0) is 38.1 Å². The second-order valence-electron chi connectivity index (χ2n) is 5.61. The minimum Gasteiger partial charge on any atom is -0.480 e. The smallest absolute Gasteiger partial charge is 0.256 e. The standard InChI is InChI=1S/C15H23N3O4S/c1-4-18-9-5-6-11(18)10-16-14(19)12-7-8-13(23(3,20)21)17-15(12)22-2/h7-8,11H,4-6,9-10H2,1-3H3,(H,16,19). The maximum Gasteiger partial charge on any atom is 0.256 e. The van der Waals surface area contributed by atoms with Crippen LogP contribution in [0.25, 0.3) is 0 Å². The van der Waals surface area contributed by atoms with Gasteiger partial charge in [-0.3, -0.25) is 9.69 Å². The highest BCUT2D eigenvalue weighted by atomic mass is 32.2. The molecule has 0 aromatic carbocycles. The number of nitrogens with zero attached hydrogens (tertiary/aromatic N) is 2. The zero-order chi connectivity index (χ0) is 17.0. The quantitative estimate of drug-likeness (QED) is 0.820. The van der Waals surface area contributed by atoms with E-state index < -0.39 is 9.84 Å². The number of likely N-dealkylation sites (N-methyl/N-ethyl adjacent to an activating group) is 1. The maximum atomic E-state index is 12.3. The van der Waals surface area contributed by atoms with Crippen molar-refractivity contribution >= 4 is 15.7 Å². The Morgan fingerprint density at radius 1 is 1.48 bits per heavy atom. The first-order valence-corrected chi connectivity index (χ1v) is 9.53. The predicted molar refractivity (Wildman–Crippen MR) is 86.5 cm³/mol. The van der Waals surface area contributed by atoms with Crippen LogP contribution in [0.5, 0.6) is 5.88 Å². The third-order valence-electron chi connectivity index (χ3n) is 4.06. The van der Waals surface area contributed by atoms with Crippen molar-refractivity contribution in [2.75, 3.05) is 33.0 Å². The van der Waals surface area contributed by atoms with Crippen molar-refractivity contribution in [1.82, 2.24) is 15.2 Å². The van der Waals surface area contributed by atoms with E-state index in [1.54, 1.807) is 0 Å². The Labute approximate surface area is 137 Å². The molecule has 8 heteroatoms. The van der Waals surface area contributed by atoms with Crippen LogP contribution in [-0.4, -0.2) is 63.3 Å². The Kier molecular flexibility index (Phi) is 5.59. The topological polar surface area (TPSA) is 88.6 Å². The van der Waals surface area contributed by atoms with Gasteiger partial charge in [0.15, 0.2) is 14.9 Å². The van der Waals surface area contributed by atoms with Crippen molar-refractivity contribution in [3.63, 3.8) is 0 Å². The summed E-state index contributed by atoms with van der Waals surface area (Å²) in [5.41, 5.74) is 0.237. The van der Waals surface area contributed by atoms with Crippen LogP contribution in [0.1, 0.15) is 30.1 Å². The van der Waals surface area contributed by atoms with Gasteiger partial charge in [-0.25, -0.2) is 13.4 Å². The Morgan fingerprint density at radius 2 is 2.22 bits per heavy atom. The lowest BCUT2D eigenvalue weighted by molar-refractivity contribution is 0.0937. The molecule has 23 heavy (non-hydrogen) atoms. The van der Waals surface area contributed by atoms with Gasteiger partial charge in [0.25, 0.3) is 5.91 Å². The lowest BCUT2D eigenvalue weighted by atomic mass is 10.2. The van der Waals surface area contributed by atoms with E-state index in [0.29, 0.717) is 12.6 Å². The summed E-state index contributed by atoms with van der Waals surface area (Å²) in [6, 6.07) is 3.10. The summed E-state index contributed by atoms with van der Waals surface area (Å²) in [4.78, 5) is 18.6. The van der Waals surface area contributed by atoms with Gasteiger partial charge >= 0.3 is 0 Å². The van der Waals surface area contributed by atoms with Gasteiger partial charge in [-0.2, -0.15) is 0 Å². The first-order valence-electron chi connectivity index (χ1n) is 7.64. The highest BCUT2D eigenvalue weighted by Gasteiger charge is 2.24. The molecule has 0 spiro atoms. The van der Waals surface area contributed by atoms with Gasteiger partial charge in [0.05, 0.1) is 7.11 Å². The molecule has 7 nitrogen and oxygen atoms in total. The number of pyridine rings is 1. The Bertz CT molecular complexity index is 675. The first kappa shape index (κ1) is 17.7. The summed E-state index contributed by atoms with van der Waals surface area (Å²) >= 11 is 0. The van der Waals surface area contributed by atoms with Gasteiger partial charge in [0.2, 0.25) is 5.88 Å². The number of hydrogen-bond donors (Lipinski definition) is 1. The number of aromatic nitrogens is 1. The van der Waals surface area contributed by atoms with E-state index in [-0.39, 0.29) is 22.4 Å². The molecule has 1 atom stereocenters. The second kappa shape index (κ2) is 7.27. The van der Waals surface area contributed by atoms with Gasteiger partial charge in [0.1, 0.15) is 5.56 Å². The normalized spacial score (nSPS) is 18.8. The molecule has 1 aromatic heterocycles. The number of carbonyl (C=O) groups excluding carboxylic acids is 1. The van der Waals surface area contributed by atoms with E-state index in [1.165, 1.54) is 19.2 Å². The van der Waals surface area contributed by atoms with Crippen LogP contribution in [0.4, 0.5) is 0 Å². The summed E-state index contributed by atoms with van der Waals surface area (Å²) in [5.74, 6) is -0.290. The Hall–Kier alpha value is -1.67. The number of likely N-dealkylation sites (tertiary alicyclic amines) is 1. The third kappa shape index (κ3) is 4.20. The molecule has 1 aliphatic rings. The molecular formula is C15H23N3O4S. The van der Waals surface area contributed by atoms with Crippen LogP contribution < -0.4 is 10.1 Å². The fourth-order valence-electron chi connectivity index (χ4n) is 2.81. The van der Waals surface area contributed by atoms with Gasteiger partial charge in [-0.1, -0.05) is 6.92 Å². The van der Waals surface area contributed by atoms with Crippen molar-refractivity contribution in [3.8, 4) is 5.88 Å². The summed E-state index contributed by atoms with van der Waals surface area (Å²) in [5, 5.41) is 2.78. The van der Waals surface area contributed by atoms with Crippen LogP contribution in [0.2, 0.25) is 0 Å². The van der Waals surface area contributed by atoms with Crippen molar-refractivity contribution < 1.29 is 17.9 Å². The Balaban J connectivity index is 2.10. The summed E-state index contributed by atoms with van der Waals surface area (Å²) < 4.78 is 28.1. The number of carbonyl (C=O) groups is 1. The zero-order valence-electron chi connectivity index (χ0n) is 13.7. The van der Waals surface area contributed by atoms with Crippen LogP contribution in [-0.2, 0) is 9.84 Å². The highest BCUT2D eigenvalue weighted by molar-refractivity contribution is 7.90. The summed E-state index contributed by atoms with van der Waals surface area (Å²) in [6.07, 6.45) is 3.27. The zero-order valence-corrected chi connectivity index (χ0v) is 14.5. The second-order valence-corrected chi connectivity index (χ2v) is 7.58. The van der Waals surface area contributed by atoms with E-state index in [2.05, 4.69) is 22.1 Å². The molecule has 0 saturated carbocycles. The number of sulfone groups is 1. The molecule has 2 rings (SSSR count). The number of rotatable bonds is 6. The van der Waals surface area contributed by atoms with Crippen molar-refractivity contribution in [1.29, 1.82) is 0 Å². The molecule has 1 fully saturated rings. The molecule has 1 aromatic rings. The minimum absolute atomic E-state index is 0.0178. The lowest BCUT2D eigenvalue weighted by Crippen LogP contribution is -2.40. The molecule has 0 bridgehead atoms. The molecular weight excluding hydrogens is 318 g/mol. The van der Waals surface area contributed by atoms with Crippen LogP contribution in [0, 0.1) is 0 Å². The van der Waals surface area contributed by atoms with Crippen molar-refractivity contribution in [3.05, 3.63) is 17.7 Å². The number of ether oxygens (including phenoxy) is 1.